The molecule has 1 atom stereocenters. The molecule has 3 N–H and O–H groups in total. The van der Waals surface area contributed by atoms with Gasteiger partial charge in [0.15, 0.2) is 0 Å². The second-order valence-electron chi connectivity index (χ2n) is 4.76. The zero-order chi connectivity index (χ0) is 12.4. The Labute approximate surface area is 107 Å². The Hall–Kier alpha value is -2.03. The van der Waals surface area contributed by atoms with Gasteiger partial charge in [-0.25, -0.2) is 4.98 Å². The van der Waals surface area contributed by atoms with Gasteiger partial charge in [-0.1, -0.05) is 24.3 Å². The Bertz CT molecular complexity index is 551. The molecule has 0 bridgehead atoms. The van der Waals surface area contributed by atoms with Crippen LogP contribution in [0.5, 0.6) is 0 Å². The van der Waals surface area contributed by atoms with Crippen LogP contribution >= 0.6 is 0 Å². The van der Waals surface area contributed by atoms with Gasteiger partial charge in [-0.05, 0) is 36.5 Å². The fraction of sp³-hybridized carbons (Fsp3) is 0.267. The lowest BCUT2D eigenvalue weighted by Crippen LogP contribution is -2.17. The number of aromatic nitrogens is 1. The van der Waals surface area contributed by atoms with Crippen LogP contribution in [0.25, 0.3) is 0 Å². The SMILES string of the molecule is Nc1ccnc(NC2CCCc3ccccc32)c1. The summed E-state index contributed by atoms with van der Waals surface area (Å²) in [4.78, 5) is 4.32. The molecule has 18 heavy (non-hydrogen) atoms. The number of rotatable bonds is 2. The third-order valence-corrected chi connectivity index (χ3v) is 3.48. The van der Waals surface area contributed by atoms with E-state index in [0.717, 1.165) is 17.9 Å². The fourth-order valence-corrected chi connectivity index (χ4v) is 2.61. The van der Waals surface area contributed by atoms with Gasteiger partial charge in [0.2, 0.25) is 0 Å². The van der Waals surface area contributed by atoms with E-state index >= 15 is 0 Å². The predicted molar refractivity (Wildman–Crippen MR) is 74.4 cm³/mol. The quantitative estimate of drug-likeness (QED) is 0.846. The number of benzene rings is 1. The average molecular weight is 239 g/mol. The van der Waals surface area contributed by atoms with Crippen molar-refractivity contribution in [2.45, 2.75) is 25.3 Å². The third kappa shape index (κ3) is 2.16. The summed E-state index contributed by atoms with van der Waals surface area (Å²) < 4.78 is 0. The van der Waals surface area contributed by atoms with Gasteiger partial charge >= 0.3 is 0 Å². The third-order valence-electron chi connectivity index (χ3n) is 3.48. The van der Waals surface area contributed by atoms with E-state index in [2.05, 4.69) is 34.6 Å². The molecule has 0 fully saturated rings. The van der Waals surface area contributed by atoms with E-state index in [4.69, 9.17) is 5.73 Å². The number of nitrogens with zero attached hydrogens (tertiary/aromatic N) is 1. The minimum absolute atomic E-state index is 0.351. The molecule has 3 rings (SSSR count). The topological polar surface area (TPSA) is 50.9 Å². The van der Waals surface area contributed by atoms with E-state index in [1.54, 1.807) is 12.3 Å². The van der Waals surface area contributed by atoms with Crippen LogP contribution in [-0.2, 0) is 6.42 Å². The summed E-state index contributed by atoms with van der Waals surface area (Å²) in [6, 6.07) is 12.7. The highest BCUT2D eigenvalue weighted by molar-refractivity contribution is 5.50. The molecule has 1 aliphatic rings. The number of fused-ring (bicyclic) bond motifs is 1. The molecule has 1 unspecified atom stereocenters. The smallest absolute Gasteiger partial charge is 0.128 e. The van der Waals surface area contributed by atoms with Crippen molar-refractivity contribution in [2.75, 3.05) is 11.1 Å². The van der Waals surface area contributed by atoms with Crippen molar-refractivity contribution in [3.8, 4) is 0 Å². The molecule has 2 aromatic rings. The normalized spacial score (nSPS) is 18.1. The summed E-state index contributed by atoms with van der Waals surface area (Å²) in [7, 11) is 0. The van der Waals surface area contributed by atoms with Crippen LogP contribution in [-0.4, -0.2) is 4.98 Å². The molecule has 3 nitrogen and oxygen atoms in total. The van der Waals surface area contributed by atoms with Crippen molar-refractivity contribution in [2.24, 2.45) is 0 Å². The fourth-order valence-electron chi connectivity index (χ4n) is 2.61. The number of hydrogen-bond donors (Lipinski definition) is 2. The van der Waals surface area contributed by atoms with Crippen molar-refractivity contribution in [3.05, 3.63) is 53.7 Å². The van der Waals surface area contributed by atoms with E-state index in [9.17, 15) is 0 Å². The standard InChI is InChI=1S/C15H17N3/c16-12-8-9-17-15(10-12)18-14-7-3-5-11-4-1-2-6-13(11)14/h1-2,4,6,8-10,14H,3,5,7H2,(H3,16,17,18). The molecule has 1 aromatic carbocycles. The van der Waals surface area contributed by atoms with Crippen molar-refractivity contribution in [1.29, 1.82) is 0 Å². The molecule has 1 aliphatic carbocycles. The summed E-state index contributed by atoms with van der Waals surface area (Å²) >= 11 is 0. The summed E-state index contributed by atoms with van der Waals surface area (Å²) in [5.74, 6) is 0.858. The molecule has 0 aliphatic heterocycles. The Morgan fingerprint density at radius 3 is 3.00 bits per heavy atom. The first-order valence-electron chi connectivity index (χ1n) is 6.39. The van der Waals surface area contributed by atoms with Crippen molar-refractivity contribution >= 4 is 11.5 Å². The maximum atomic E-state index is 5.78. The van der Waals surface area contributed by atoms with Gasteiger partial charge in [0.05, 0.1) is 6.04 Å². The van der Waals surface area contributed by atoms with E-state index in [1.807, 2.05) is 6.07 Å². The van der Waals surface area contributed by atoms with E-state index < -0.39 is 0 Å². The number of anilines is 2. The lowest BCUT2D eigenvalue weighted by molar-refractivity contribution is 0.598. The Balaban J connectivity index is 1.86. The molecule has 1 aromatic heterocycles. The van der Waals surface area contributed by atoms with Crippen LogP contribution in [0.15, 0.2) is 42.6 Å². The first-order chi connectivity index (χ1) is 8.83. The Kier molecular flexibility index (Phi) is 2.89. The van der Waals surface area contributed by atoms with Gasteiger partial charge in [0.25, 0.3) is 0 Å². The lowest BCUT2D eigenvalue weighted by atomic mass is 9.88. The molecule has 1 heterocycles. The number of nitrogens with two attached hydrogens (primary N) is 1. The summed E-state index contributed by atoms with van der Waals surface area (Å²) in [6.45, 7) is 0. The van der Waals surface area contributed by atoms with E-state index in [1.165, 1.54) is 24.0 Å². The Morgan fingerprint density at radius 2 is 2.11 bits per heavy atom. The number of nitrogen functional groups attached to an aromatic ring is 1. The van der Waals surface area contributed by atoms with Crippen molar-refractivity contribution in [3.63, 3.8) is 0 Å². The largest absolute Gasteiger partial charge is 0.399 e. The highest BCUT2D eigenvalue weighted by Crippen LogP contribution is 2.31. The predicted octanol–water partition coefficient (Wildman–Crippen LogP) is 3.15. The molecule has 0 radical (unpaired) electrons. The first-order valence-corrected chi connectivity index (χ1v) is 6.39. The summed E-state index contributed by atoms with van der Waals surface area (Å²) in [6.07, 6.45) is 5.29. The molecule has 0 saturated carbocycles. The molecule has 0 amide bonds. The van der Waals surface area contributed by atoms with Gasteiger partial charge in [-0.3, -0.25) is 0 Å². The minimum Gasteiger partial charge on any atom is -0.399 e. The van der Waals surface area contributed by atoms with Gasteiger partial charge in [-0.2, -0.15) is 0 Å². The van der Waals surface area contributed by atoms with Gasteiger partial charge in [0.1, 0.15) is 5.82 Å². The molecule has 0 saturated heterocycles. The van der Waals surface area contributed by atoms with Crippen LogP contribution in [0.4, 0.5) is 11.5 Å². The van der Waals surface area contributed by atoms with Gasteiger partial charge in [0, 0.05) is 18.0 Å². The zero-order valence-corrected chi connectivity index (χ0v) is 10.3. The van der Waals surface area contributed by atoms with Crippen LogP contribution in [0.2, 0.25) is 0 Å². The number of pyridine rings is 1. The maximum absolute atomic E-state index is 5.78. The summed E-state index contributed by atoms with van der Waals surface area (Å²) in [5.41, 5.74) is 9.37. The zero-order valence-electron chi connectivity index (χ0n) is 10.3. The molecule has 0 spiro atoms. The summed E-state index contributed by atoms with van der Waals surface area (Å²) in [5, 5.41) is 3.49. The monoisotopic (exact) mass is 239 g/mol. The first kappa shape index (κ1) is 11.1. The molecule has 3 heteroatoms. The van der Waals surface area contributed by atoms with Crippen LogP contribution in [0.1, 0.15) is 30.0 Å². The second-order valence-corrected chi connectivity index (χ2v) is 4.76. The number of aryl methyl sites for hydroxylation is 1. The average Bonchev–Trinajstić information content (AvgIpc) is 2.39. The van der Waals surface area contributed by atoms with Crippen LogP contribution < -0.4 is 11.1 Å². The number of nitrogens with one attached hydrogen (secondary N) is 1. The maximum Gasteiger partial charge on any atom is 0.128 e. The molecular weight excluding hydrogens is 222 g/mol. The van der Waals surface area contributed by atoms with Crippen molar-refractivity contribution < 1.29 is 0 Å². The van der Waals surface area contributed by atoms with Crippen molar-refractivity contribution in [1.82, 2.24) is 4.98 Å². The molecular formula is C15H17N3. The highest BCUT2D eigenvalue weighted by Gasteiger charge is 2.19. The van der Waals surface area contributed by atoms with E-state index in [0.29, 0.717) is 6.04 Å². The second kappa shape index (κ2) is 4.69. The van der Waals surface area contributed by atoms with Crippen LogP contribution in [0, 0.1) is 0 Å². The van der Waals surface area contributed by atoms with Gasteiger partial charge in [-0.15, -0.1) is 0 Å². The highest BCUT2D eigenvalue weighted by atomic mass is 15.0. The van der Waals surface area contributed by atoms with Gasteiger partial charge < -0.3 is 11.1 Å². The minimum atomic E-state index is 0.351. The Morgan fingerprint density at radius 1 is 1.22 bits per heavy atom. The molecule has 92 valence electrons. The van der Waals surface area contributed by atoms with E-state index in [-0.39, 0.29) is 0 Å². The number of hydrogen-bond acceptors (Lipinski definition) is 3. The van der Waals surface area contributed by atoms with Crippen LogP contribution in [0.3, 0.4) is 0 Å². The lowest BCUT2D eigenvalue weighted by Gasteiger charge is -2.26.